The van der Waals surface area contributed by atoms with Gasteiger partial charge in [0.05, 0.1) is 0 Å². The van der Waals surface area contributed by atoms with Crippen LogP contribution in [0.4, 0.5) is 0 Å². The number of fused-ring (bicyclic) bond motifs is 1. The summed E-state index contributed by atoms with van der Waals surface area (Å²) in [7, 11) is -1.99. The minimum atomic E-state index is -3.59. The first-order valence-corrected chi connectivity index (χ1v) is 8.46. The molecule has 2 fully saturated rings. The van der Waals surface area contributed by atoms with Crippen LogP contribution in [0, 0.1) is 11.8 Å². The topological polar surface area (TPSA) is 111 Å². The van der Waals surface area contributed by atoms with Crippen molar-refractivity contribution >= 4 is 15.9 Å². The normalized spacial score (nSPS) is 29.7. The molecule has 7 nitrogen and oxygen atoms in total. The molecule has 2 heterocycles. The van der Waals surface area contributed by atoms with Crippen molar-refractivity contribution in [1.82, 2.24) is 8.87 Å². The molecule has 8 heteroatoms. The van der Waals surface area contributed by atoms with E-state index in [9.17, 15) is 13.2 Å². The van der Waals surface area contributed by atoms with E-state index in [1.807, 2.05) is 0 Å². The number of aryl methyl sites for hydroxylation is 1. The second-order valence-corrected chi connectivity index (χ2v) is 7.96. The maximum atomic E-state index is 12.7. The number of hydrogen-bond donors (Lipinski definition) is 2. The summed E-state index contributed by atoms with van der Waals surface area (Å²) in [6.07, 6.45) is 3.39. The van der Waals surface area contributed by atoms with Gasteiger partial charge in [-0.2, -0.15) is 4.31 Å². The summed E-state index contributed by atoms with van der Waals surface area (Å²) in [6, 6.07) is 1.43. The molecule has 0 spiro atoms. The van der Waals surface area contributed by atoms with Gasteiger partial charge >= 0.3 is 0 Å². The highest BCUT2D eigenvalue weighted by Gasteiger charge is 2.45. The van der Waals surface area contributed by atoms with Gasteiger partial charge in [0.2, 0.25) is 10.0 Å². The molecule has 1 aromatic rings. The molecule has 0 radical (unpaired) electrons. The summed E-state index contributed by atoms with van der Waals surface area (Å²) in [5.41, 5.74) is 11.5. The van der Waals surface area contributed by atoms with Crippen molar-refractivity contribution in [2.24, 2.45) is 30.4 Å². The van der Waals surface area contributed by atoms with Crippen molar-refractivity contribution in [3.63, 3.8) is 0 Å². The Morgan fingerprint density at radius 2 is 2.05 bits per heavy atom. The monoisotopic (exact) mass is 312 g/mol. The Kier molecular flexibility index (Phi) is 3.34. The molecule has 1 amide bonds. The second-order valence-electron chi connectivity index (χ2n) is 6.02. The molecule has 3 atom stereocenters. The van der Waals surface area contributed by atoms with Crippen molar-refractivity contribution in [3.8, 4) is 0 Å². The first-order valence-electron chi connectivity index (χ1n) is 7.02. The predicted octanol–water partition coefficient (Wildman–Crippen LogP) is -0.518. The first kappa shape index (κ1) is 14.6. The standard InChI is InChI=1S/C13H20N4O3S/c1-16-6-9(4-12(16)13(15)18)21(19,20)17-5-8-2-3-11(14)10(8)7-17/h4,6,8,10-11H,2-3,5,7,14H2,1H3,(H2,15,18). The number of carbonyl (C=O) groups excluding carboxylic acids is 1. The van der Waals surface area contributed by atoms with Gasteiger partial charge in [-0.25, -0.2) is 8.42 Å². The zero-order chi connectivity index (χ0) is 15.4. The lowest BCUT2D eigenvalue weighted by atomic mass is 9.98. The van der Waals surface area contributed by atoms with Crippen LogP contribution >= 0.6 is 0 Å². The Morgan fingerprint density at radius 3 is 2.62 bits per heavy atom. The average molecular weight is 312 g/mol. The van der Waals surface area contributed by atoms with E-state index in [0.717, 1.165) is 12.8 Å². The van der Waals surface area contributed by atoms with Gasteiger partial charge in [0.1, 0.15) is 10.6 Å². The fraction of sp³-hybridized carbons (Fsp3) is 0.615. The Hall–Kier alpha value is -1.38. The maximum absolute atomic E-state index is 12.7. The van der Waals surface area contributed by atoms with Gasteiger partial charge in [-0.15, -0.1) is 0 Å². The van der Waals surface area contributed by atoms with Gasteiger partial charge in [-0.1, -0.05) is 0 Å². The molecule has 1 aliphatic carbocycles. The maximum Gasteiger partial charge on any atom is 0.265 e. The van der Waals surface area contributed by atoms with Crippen molar-refractivity contribution in [2.45, 2.75) is 23.8 Å². The lowest BCUT2D eigenvalue weighted by molar-refractivity contribution is 0.0992. The highest BCUT2D eigenvalue weighted by atomic mass is 32.2. The minimum Gasteiger partial charge on any atom is -0.364 e. The van der Waals surface area contributed by atoms with Crippen molar-refractivity contribution in [2.75, 3.05) is 13.1 Å². The van der Waals surface area contributed by atoms with Crippen LogP contribution in [0.2, 0.25) is 0 Å². The lowest BCUT2D eigenvalue weighted by Crippen LogP contribution is -2.33. The van der Waals surface area contributed by atoms with Crippen molar-refractivity contribution in [1.29, 1.82) is 0 Å². The zero-order valence-corrected chi connectivity index (χ0v) is 12.7. The van der Waals surface area contributed by atoms with E-state index in [0.29, 0.717) is 19.0 Å². The number of rotatable bonds is 3. The molecule has 0 aromatic carbocycles. The Morgan fingerprint density at radius 1 is 1.33 bits per heavy atom. The van der Waals surface area contributed by atoms with E-state index in [-0.39, 0.29) is 22.5 Å². The molecule has 116 valence electrons. The van der Waals surface area contributed by atoms with Crippen molar-refractivity contribution < 1.29 is 13.2 Å². The summed E-state index contributed by atoms with van der Waals surface area (Å²) < 4.78 is 28.3. The summed E-state index contributed by atoms with van der Waals surface area (Å²) in [6.45, 7) is 0.983. The number of aromatic nitrogens is 1. The van der Waals surface area contributed by atoms with Gasteiger partial charge in [-0.05, 0) is 30.7 Å². The second kappa shape index (κ2) is 4.82. The molecule has 4 N–H and O–H groups in total. The van der Waals surface area contributed by atoms with Crippen LogP contribution in [0.25, 0.3) is 0 Å². The molecule has 21 heavy (non-hydrogen) atoms. The van der Waals surface area contributed by atoms with Gasteiger partial charge in [0, 0.05) is 32.4 Å². The number of nitrogens with two attached hydrogens (primary N) is 2. The average Bonchev–Trinajstić information content (AvgIpc) is 3.05. The Bertz CT molecular complexity index is 682. The van der Waals surface area contributed by atoms with E-state index in [1.165, 1.54) is 21.1 Å². The number of carbonyl (C=O) groups is 1. The smallest absolute Gasteiger partial charge is 0.265 e. The third-order valence-corrected chi connectivity index (χ3v) is 6.55. The van der Waals surface area contributed by atoms with E-state index >= 15 is 0 Å². The highest BCUT2D eigenvalue weighted by molar-refractivity contribution is 7.89. The van der Waals surface area contributed by atoms with E-state index in [2.05, 4.69) is 0 Å². The zero-order valence-electron chi connectivity index (χ0n) is 11.9. The summed E-state index contributed by atoms with van der Waals surface area (Å²) in [5.74, 6) is -0.0348. The molecule has 3 unspecified atom stereocenters. The number of sulfonamides is 1. The summed E-state index contributed by atoms with van der Waals surface area (Å²) in [4.78, 5) is 11.4. The number of amides is 1. The van der Waals surface area contributed by atoms with Crippen LogP contribution in [-0.2, 0) is 17.1 Å². The van der Waals surface area contributed by atoms with Crippen LogP contribution in [-0.4, -0.2) is 42.3 Å². The molecule has 1 aromatic heterocycles. The number of nitrogens with zero attached hydrogens (tertiary/aromatic N) is 2. The van der Waals surface area contributed by atoms with Gasteiger partial charge in [0.25, 0.3) is 5.91 Å². The van der Waals surface area contributed by atoms with E-state index in [1.54, 1.807) is 7.05 Å². The molecule has 1 aliphatic heterocycles. The van der Waals surface area contributed by atoms with E-state index in [4.69, 9.17) is 11.5 Å². The summed E-state index contributed by atoms with van der Waals surface area (Å²) >= 11 is 0. The van der Waals surface area contributed by atoms with Crippen molar-refractivity contribution in [3.05, 3.63) is 18.0 Å². The number of primary amides is 1. The van der Waals surface area contributed by atoms with Gasteiger partial charge < -0.3 is 16.0 Å². The molecule has 0 bridgehead atoms. The molecular formula is C13H20N4O3S. The van der Waals surface area contributed by atoms with Gasteiger partial charge in [-0.3, -0.25) is 4.79 Å². The third kappa shape index (κ3) is 2.27. The fourth-order valence-electron chi connectivity index (χ4n) is 3.53. The Labute approximate surface area is 123 Å². The molecular weight excluding hydrogens is 292 g/mol. The lowest BCUT2D eigenvalue weighted by Gasteiger charge is -2.17. The van der Waals surface area contributed by atoms with Crippen LogP contribution in [0.15, 0.2) is 17.2 Å². The quantitative estimate of drug-likeness (QED) is 0.782. The molecule has 2 aliphatic rings. The minimum absolute atomic E-state index is 0.0900. The van der Waals surface area contributed by atoms with E-state index < -0.39 is 15.9 Å². The Balaban J connectivity index is 1.88. The molecule has 1 saturated heterocycles. The first-order chi connectivity index (χ1) is 9.80. The summed E-state index contributed by atoms with van der Waals surface area (Å²) in [5, 5.41) is 0. The van der Waals surface area contributed by atoms with Crippen LogP contribution < -0.4 is 11.5 Å². The van der Waals surface area contributed by atoms with Crippen LogP contribution in [0.5, 0.6) is 0 Å². The van der Waals surface area contributed by atoms with Crippen LogP contribution in [0.1, 0.15) is 23.3 Å². The SMILES string of the molecule is Cn1cc(S(=O)(=O)N2CC3CCC(N)C3C2)cc1C(N)=O. The third-order valence-electron chi connectivity index (χ3n) is 4.75. The molecule has 3 rings (SSSR count). The van der Waals surface area contributed by atoms with Gasteiger partial charge in [0.15, 0.2) is 0 Å². The molecule has 1 saturated carbocycles. The fourth-order valence-corrected chi connectivity index (χ4v) is 5.14. The number of hydrogen-bond acceptors (Lipinski definition) is 4. The predicted molar refractivity (Wildman–Crippen MR) is 76.9 cm³/mol. The highest BCUT2D eigenvalue weighted by Crippen LogP contribution is 2.39. The largest absolute Gasteiger partial charge is 0.364 e. The van der Waals surface area contributed by atoms with Crippen LogP contribution in [0.3, 0.4) is 0 Å².